The van der Waals surface area contributed by atoms with Gasteiger partial charge in [0.15, 0.2) is 0 Å². The smallest absolute Gasteiger partial charge is 0.239 e. The Morgan fingerprint density at radius 1 is 0.879 bits per heavy atom. The van der Waals surface area contributed by atoms with Gasteiger partial charge in [0.05, 0.1) is 6.54 Å². The van der Waals surface area contributed by atoms with Gasteiger partial charge in [0.1, 0.15) is 5.82 Å². The number of hydrogen-bond donors (Lipinski definition) is 2. The molecule has 2 N–H and O–H groups in total. The fourth-order valence-corrected chi connectivity index (χ4v) is 7.39. The van der Waals surface area contributed by atoms with E-state index in [4.69, 9.17) is 0 Å². The number of nitrogens with one attached hydrogen (secondary N) is 2. The lowest BCUT2D eigenvalue weighted by Gasteiger charge is -2.56. The van der Waals surface area contributed by atoms with Crippen LogP contribution in [-0.2, 0) is 9.59 Å². The minimum Gasteiger partial charge on any atom is -0.369 e. The van der Waals surface area contributed by atoms with Gasteiger partial charge in [0.25, 0.3) is 0 Å². The highest BCUT2D eigenvalue weighted by atomic mass is 19.1. The maximum Gasteiger partial charge on any atom is 0.239 e. The number of anilines is 1. The van der Waals surface area contributed by atoms with Crippen LogP contribution < -0.4 is 15.5 Å². The molecule has 0 unspecified atom stereocenters. The standard InChI is InChI=1S/C26H37FN4O2/c27-22-1-3-23(4-2-22)31-9-7-30(8-10-31)6-5-28-25(33)18-29-24(32)17-26-14-19-11-20(15-26)13-21(12-19)16-26/h1-4,19-21H,5-18H2,(H,28,33)(H,29,32). The lowest BCUT2D eigenvalue weighted by Crippen LogP contribution is -2.49. The summed E-state index contributed by atoms with van der Waals surface area (Å²) >= 11 is 0. The molecule has 33 heavy (non-hydrogen) atoms. The third-order valence-corrected chi connectivity index (χ3v) is 8.46. The molecule has 6 nitrogen and oxygen atoms in total. The summed E-state index contributed by atoms with van der Waals surface area (Å²) in [7, 11) is 0. The van der Waals surface area contributed by atoms with Crippen molar-refractivity contribution < 1.29 is 14.0 Å². The quantitative estimate of drug-likeness (QED) is 0.632. The SMILES string of the molecule is O=C(CNC(=O)CC12CC3CC(CC(C3)C1)C2)NCCN1CCN(c2ccc(F)cc2)CC1. The molecule has 6 rings (SSSR count). The molecule has 180 valence electrons. The third kappa shape index (κ3) is 5.51. The van der Waals surface area contributed by atoms with E-state index in [0.29, 0.717) is 13.0 Å². The molecule has 4 saturated carbocycles. The van der Waals surface area contributed by atoms with Gasteiger partial charge in [0, 0.05) is 51.4 Å². The van der Waals surface area contributed by atoms with Gasteiger partial charge in [-0.05, 0) is 86.0 Å². The lowest BCUT2D eigenvalue weighted by molar-refractivity contribution is -0.131. The molecule has 0 spiro atoms. The third-order valence-electron chi connectivity index (χ3n) is 8.46. The van der Waals surface area contributed by atoms with E-state index in [2.05, 4.69) is 20.4 Å². The van der Waals surface area contributed by atoms with E-state index in [0.717, 1.165) is 56.2 Å². The zero-order valence-electron chi connectivity index (χ0n) is 19.5. The van der Waals surface area contributed by atoms with Crippen LogP contribution in [0.5, 0.6) is 0 Å². The van der Waals surface area contributed by atoms with Gasteiger partial charge in [0.2, 0.25) is 11.8 Å². The molecule has 1 aliphatic heterocycles. The number of piperazine rings is 1. The van der Waals surface area contributed by atoms with Crippen LogP contribution in [0.3, 0.4) is 0 Å². The molecular weight excluding hydrogens is 419 g/mol. The number of benzene rings is 1. The van der Waals surface area contributed by atoms with Crippen molar-refractivity contribution in [2.24, 2.45) is 23.2 Å². The Balaban J connectivity index is 0.966. The first-order chi connectivity index (χ1) is 16.0. The maximum atomic E-state index is 13.1. The van der Waals surface area contributed by atoms with Crippen molar-refractivity contribution in [2.75, 3.05) is 50.7 Å². The van der Waals surface area contributed by atoms with Gasteiger partial charge in [-0.3, -0.25) is 14.5 Å². The van der Waals surface area contributed by atoms with E-state index in [1.165, 1.54) is 50.7 Å². The zero-order chi connectivity index (χ0) is 22.8. The van der Waals surface area contributed by atoms with Gasteiger partial charge in [-0.2, -0.15) is 0 Å². The number of nitrogens with zero attached hydrogens (tertiary/aromatic N) is 2. The summed E-state index contributed by atoms with van der Waals surface area (Å²) in [5.41, 5.74) is 1.26. The Morgan fingerprint density at radius 3 is 2.09 bits per heavy atom. The van der Waals surface area contributed by atoms with Crippen LogP contribution in [0, 0.1) is 29.0 Å². The van der Waals surface area contributed by atoms with Crippen LogP contribution in [0.15, 0.2) is 24.3 Å². The highest BCUT2D eigenvalue weighted by Crippen LogP contribution is 2.61. The molecule has 1 heterocycles. The maximum absolute atomic E-state index is 13.1. The van der Waals surface area contributed by atoms with Gasteiger partial charge in [-0.25, -0.2) is 4.39 Å². The molecule has 0 atom stereocenters. The van der Waals surface area contributed by atoms with Crippen molar-refractivity contribution in [1.29, 1.82) is 0 Å². The number of hydrogen-bond acceptors (Lipinski definition) is 4. The van der Waals surface area contributed by atoms with Crippen LogP contribution in [-0.4, -0.2) is 62.5 Å². The molecule has 1 aromatic rings. The molecular formula is C26H37FN4O2. The van der Waals surface area contributed by atoms with E-state index in [1.54, 1.807) is 0 Å². The highest BCUT2D eigenvalue weighted by Gasteiger charge is 2.51. The van der Waals surface area contributed by atoms with Gasteiger partial charge >= 0.3 is 0 Å². The Labute approximate surface area is 196 Å². The first-order valence-corrected chi connectivity index (χ1v) is 12.7. The minimum absolute atomic E-state index is 0.0454. The predicted molar refractivity (Wildman–Crippen MR) is 126 cm³/mol. The van der Waals surface area contributed by atoms with Gasteiger partial charge in [-0.1, -0.05) is 0 Å². The van der Waals surface area contributed by atoms with Crippen LogP contribution in [0.1, 0.15) is 44.9 Å². The van der Waals surface area contributed by atoms with Crippen molar-refractivity contribution in [3.63, 3.8) is 0 Å². The number of halogens is 1. The summed E-state index contributed by atoms with van der Waals surface area (Å²) in [5, 5.41) is 5.82. The molecule has 4 aliphatic carbocycles. The fourth-order valence-electron chi connectivity index (χ4n) is 7.39. The van der Waals surface area contributed by atoms with Crippen molar-refractivity contribution in [2.45, 2.75) is 44.9 Å². The van der Waals surface area contributed by atoms with E-state index >= 15 is 0 Å². The average Bonchev–Trinajstić information content (AvgIpc) is 2.77. The van der Waals surface area contributed by atoms with Crippen molar-refractivity contribution in [1.82, 2.24) is 15.5 Å². The topological polar surface area (TPSA) is 64.7 Å². The van der Waals surface area contributed by atoms with Crippen LogP contribution in [0.2, 0.25) is 0 Å². The first-order valence-electron chi connectivity index (χ1n) is 12.7. The van der Waals surface area contributed by atoms with E-state index < -0.39 is 0 Å². The minimum atomic E-state index is -0.211. The Hall–Kier alpha value is -2.15. The molecule has 1 saturated heterocycles. The van der Waals surface area contributed by atoms with Crippen molar-refractivity contribution >= 4 is 17.5 Å². The normalized spacial score (nSPS) is 30.9. The molecule has 7 heteroatoms. The molecule has 2 amide bonds. The number of carbonyl (C=O) groups excluding carboxylic acids is 2. The lowest BCUT2D eigenvalue weighted by atomic mass is 9.49. The summed E-state index contributed by atoms with van der Waals surface area (Å²) in [4.78, 5) is 29.4. The van der Waals surface area contributed by atoms with Crippen LogP contribution in [0.25, 0.3) is 0 Å². The largest absolute Gasteiger partial charge is 0.369 e. The summed E-state index contributed by atoms with van der Waals surface area (Å²) in [6.07, 6.45) is 8.38. The van der Waals surface area contributed by atoms with E-state index in [-0.39, 0.29) is 29.6 Å². The predicted octanol–water partition coefficient (Wildman–Crippen LogP) is 2.79. The summed E-state index contributed by atoms with van der Waals surface area (Å²) < 4.78 is 13.1. The second-order valence-electron chi connectivity index (χ2n) is 11.0. The number of rotatable bonds is 8. The van der Waals surface area contributed by atoms with Crippen molar-refractivity contribution in [3.05, 3.63) is 30.1 Å². The average molecular weight is 457 g/mol. The highest BCUT2D eigenvalue weighted by molar-refractivity contribution is 5.84. The zero-order valence-corrected chi connectivity index (χ0v) is 19.5. The first kappa shape index (κ1) is 22.6. The van der Waals surface area contributed by atoms with Gasteiger partial charge < -0.3 is 15.5 Å². The molecule has 1 aromatic carbocycles. The summed E-state index contributed by atoms with van der Waals surface area (Å²) in [6.45, 7) is 5.05. The van der Waals surface area contributed by atoms with Gasteiger partial charge in [-0.15, -0.1) is 0 Å². The summed E-state index contributed by atoms with van der Waals surface area (Å²) in [6, 6.07) is 6.64. The van der Waals surface area contributed by atoms with Crippen LogP contribution >= 0.6 is 0 Å². The fraction of sp³-hybridized carbons (Fsp3) is 0.692. The Bertz CT molecular complexity index is 815. The molecule has 5 aliphatic rings. The molecule has 0 radical (unpaired) electrons. The number of amides is 2. The molecule has 0 aromatic heterocycles. The number of carbonyl (C=O) groups is 2. The second-order valence-corrected chi connectivity index (χ2v) is 11.0. The Morgan fingerprint density at radius 2 is 1.48 bits per heavy atom. The molecule has 4 bridgehead atoms. The van der Waals surface area contributed by atoms with E-state index in [9.17, 15) is 14.0 Å². The van der Waals surface area contributed by atoms with Crippen molar-refractivity contribution in [3.8, 4) is 0 Å². The summed E-state index contributed by atoms with van der Waals surface area (Å²) in [5.74, 6) is 2.24. The monoisotopic (exact) mass is 456 g/mol. The van der Waals surface area contributed by atoms with E-state index in [1.807, 2.05) is 12.1 Å². The second kappa shape index (κ2) is 9.61. The molecule has 5 fully saturated rings. The van der Waals surface area contributed by atoms with Crippen LogP contribution in [0.4, 0.5) is 10.1 Å². The Kier molecular flexibility index (Phi) is 6.59.